The number of methoxy groups -OCH3 is 5. The van der Waals surface area contributed by atoms with Gasteiger partial charge in [0.25, 0.3) is 0 Å². The maximum absolute atomic E-state index is 10.3. The molecule has 0 radical (unpaired) electrons. The molecule has 1 aromatic carbocycles. The van der Waals surface area contributed by atoms with Crippen LogP contribution in [0.2, 0.25) is 0 Å². The Morgan fingerprint density at radius 3 is 1.03 bits per heavy atom. The van der Waals surface area contributed by atoms with Gasteiger partial charge in [0.05, 0.1) is 41.6 Å². The molecule has 5 rings (SSSR count). The third kappa shape index (κ3) is 81.9. The van der Waals surface area contributed by atoms with Gasteiger partial charge in [-0.3, -0.25) is 14.4 Å². The minimum Gasteiger partial charge on any atom is -0.466 e. The van der Waals surface area contributed by atoms with Gasteiger partial charge in [0, 0.05) is 48.3 Å². The Labute approximate surface area is 465 Å². The molecule has 422 valence electrons. The number of cyclic esters (lactones) is 2. The molecule has 0 unspecified atom stereocenters. The van der Waals surface area contributed by atoms with Crippen LogP contribution in [-0.4, -0.2) is 94.7 Å². The fourth-order valence-corrected chi connectivity index (χ4v) is 2.92. The van der Waals surface area contributed by atoms with Crippen molar-refractivity contribution in [2.75, 3.05) is 35.5 Å². The fraction of sp³-hybridized carbons (Fsp3) is 0.177. The molecule has 0 aromatic heterocycles. The number of hydrogen-bond donors (Lipinski definition) is 0. The molecule has 4 aliphatic rings. The molecule has 0 spiro atoms. The van der Waals surface area contributed by atoms with Crippen LogP contribution in [0.3, 0.4) is 0 Å². The van der Waals surface area contributed by atoms with Crippen LogP contribution in [0.4, 0.5) is 0 Å². The van der Waals surface area contributed by atoms with Crippen molar-refractivity contribution in [1.82, 2.24) is 0 Å². The molecule has 0 N–H and O–H groups in total. The van der Waals surface area contributed by atoms with E-state index in [1.165, 1.54) is 97.8 Å². The van der Waals surface area contributed by atoms with Gasteiger partial charge in [-0.2, -0.15) is 5.26 Å². The topological polar surface area (TPSA) is 250 Å². The first kappa shape index (κ1) is 82.6. The van der Waals surface area contributed by atoms with Gasteiger partial charge in [0.1, 0.15) is 0 Å². The Hall–Kier alpha value is -10.4. The summed E-state index contributed by atoms with van der Waals surface area (Å²) >= 11 is 0. The van der Waals surface area contributed by atoms with Gasteiger partial charge in [0.15, 0.2) is 17.3 Å². The predicted octanol–water partition coefficient (Wildman–Crippen LogP) is 8.30. The maximum Gasteiger partial charge on any atom is 0.384 e. The lowest BCUT2D eigenvalue weighted by Crippen LogP contribution is -2.19. The Morgan fingerprint density at radius 2 is 0.873 bits per heavy atom. The van der Waals surface area contributed by atoms with Crippen molar-refractivity contribution in [2.24, 2.45) is 0 Å². The number of esters is 7. The van der Waals surface area contributed by atoms with Crippen LogP contribution < -0.4 is 10.4 Å². The number of nitrogens with zero attached hydrogens (tertiary/aromatic N) is 1. The van der Waals surface area contributed by atoms with Crippen molar-refractivity contribution in [2.45, 2.75) is 40.0 Å². The minimum absolute atomic E-state index is 0.0185. The van der Waals surface area contributed by atoms with Gasteiger partial charge in [-0.15, -0.1) is 0 Å². The molecule has 1 aromatic rings. The highest BCUT2D eigenvalue weighted by molar-refractivity contribution is 6.14. The quantitative estimate of drug-likeness (QED) is 0.0299. The average molecular weight is 1090 g/mol. The lowest BCUT2D eigenvalue weighted by molar-refractivity contribution is -0.150. The molecule has 17 heteroatoms. The van der Waals surface area contributed by atoms with Crippen molar-refractivity contribution >= 4 is 72.3 Å². The normalized spacial score (nSPS) is 11.0. The number of ketones is 3. The minimum atomic E-state index is -0.759. The van der Waals surface area contributed by atoms with Gasteiger partial charge < -0.3 is 28.4 Å². The summed E-state index contributed by atoms with van der Waals surface area (Å²) < 4.78 is 24.9. The lowest BCUT2D eigenvalue weighted by atomic mass is 10.2. The van der Waals surface area contributed by atoms with E-state index in [9.17, 15) is 47.9 Å². The van der Waals surface area contributed by atoms with Gasteiger partial charge in [0.2, 0.25) is 0 Å². The summed E-state index contributed by atoms with van der Waals surface area (Å²) in [5, 5.41) is 9.52. The van der Waals surface area contributed by atoms with Crippen LogP contribution in [0.15, 0.2) is 209 Å². The monoisotopic (exact) mass is 1090 g/mol. The van der Waals surface area contributed by atoms with Crippen molar-refractivity contribution in [1.29, 1.82) is 5.26 Å². The Bertz CT molecular complexity index is 2440. The molecule has 1 aliphatic heterocycles. The van der Waals surface area contributed by atoms with Gasteiger partial charge >= 0.3 is 41.8 Å². The Morgan fingerprint density at radius 1 is 0.557 bits per heavy atom. The molecular formula is C62H73NO16. The molecule has 0 bridgehead atoms. The lowest BCUT2D eigenvalue weighted by Gasteiger charge is -1.89. The van der Waals surface area contributed by atoms with Crippen LogP contribution in [0.5, 0.6) is 0 Å². The standard InChI is InChI=1S/C8H8.C6H8O4.C6H6O4.C6H4O2.C6H8.C5H8O2.C5H6.C5H8.C4H2O3.C4H6O.C4H6.C3H3N/c1-7-5-3-4-6-8(7)2;2*1-9-5(7)3-4-6(8)10-2;7-5-1-2-6(8)4-3-5;1-2-4-6-5-3-1;1-3-4-5(6)7-2;1-2-4-5-3-1;1-4-5(2)3;5-3-1-2-4(6)7-3;1-3-4(2)5;1-3-4-2;1-2-3-4/h3-6H,1-2H2;3-4H,1-2H3;1-2H3;1-4H;1-4H,5-6H2;3-4H,1-2H3;1-4H,5H2;4H,1-2H2,3H3;1-2H;3H,1H2,2H3;3-4H,1-2H2;2H,1H2/b;4-3-;;;;4-3+;;;;;;. The molecule has 79 heavy (non-hydrogen) atoms. The highest BCUT2D eigenvalue weighted by Crippen LogP contribution is 1.98. The molecule has 0 fully saturated rings. The second kappa shape index (κ2) is 65.6. The first-order valence-electron chi connectivity index (χ1n) is 22.6. The van der Waals surface area contributed by atoms with E-state index in [4.69, 9.17) is 5.26 Å². The Balaban J connectivity index is -0.000000145. The van der Waals surface area contributed by atoms with E-state index >= 15 is 0 Å². The molecule has 0 saturated heterocycles. The summed E-state index contributed by atoms with van der Waals surface area (Å²) in [4.78, 5) is 101. The van der Waals surface area contributed by atoms with Crippen LogP contribution in [0, 0.1) is 23.2 Å². The van der Waals surface area contributed by atoms with Crippen LogP contribution >= 0.6 is 0 Å². The van der Waals surface area contributed by atoms with Crippen molar-refractivity contribution in [3.8, 4) is 17.9 Å². The number of rotatable bonds is 6. The number of hydrogen-bond acceptors (Lipinski definition) is 17. The van der Waals surface area contributed by atoms with Gasteiger partial charge in [-0.05, 0) is 80.9 Å². The van der Waals surface area contributed by atoms with E-state index in [1.54, 1.807) is 37.3 Å². The van der Waals surface area contributed by atoms with E-state index in [1.807, 2.05) is 43.0 Å². The summed E-state index contributed by atoms with van der Waals surface area (Å²) in [5.41, 5.74) is 1.02. The Kier molecular flexibility index (Phi) is 68.6. The zero-order valence-electron chi connectivity index (χ0n) is 46.3. The van der Waals surface area contributed by atoms with E-state index in [0.29, 0.717) is 0 Å². The highest BCUT2D eigenvalue weighted by atomic mass is 16.6. The van der Waals surface area contributed by atoms with Crippen LogP contribution in [0.25, 0.3) is 13.2 Å². The summed E-state index contributed by atoms with van der Waals surface area (Å²) in [5.74, 6) is -0.563. The van der Waals surface area contributed by atoms with Gasteiger partial charge in [-0.25, -0.2) is 33.6 Å². The molecular weight excluding hydrogens is 1010 g/mol. The van der Waals surface area contributed by atoms with Crippen molar-refractivity contribution < 1.29 is 76.4 Å². The molecule has 0 saturated carbocycles. The highest BCUT2D eigenvalue weighted by Gasteiger charge is 2.10. The van der Waals surface area contributed by atoms with Crippen molar-refractivity contribution in [3.63, 3.8) is 0 Å². The third-order valence-corrected chi connectivity index (χ3v) is 6.83. The SMILES string of the molecule is C/C=C/C(=O)OC.C1=CCC=C1.C1=CCCC=C1.C=CC#N.C=CC(=C)C.C=CC(C)=O.C=CC=C.C=c1ccccc1=C.COC(=O)/C=C\C(=O)OC.COC(=O)C#CC(=O)OC.O=C1C=CC(=O)C=C1.O=C1C=CC(=O)O1. The van der Waals surface area contributed by atoms with E-state index in [0.717, 1.165) is 46.7 Å². The van der Waals surface area contributed by atoms with E-state index in [-0.39, 0.29) is 23.3 Å². The third-order valence-electron chi connectivity index (χ3n) is 6.83. The first-order valence-corrected chi connectivity index (χ1v) is 22.6. The largest absolute Gasteiger partial charge is 0.466 e. The maximum atomic E-state index is 10.3. The molecule has 1 heterocycles. The van der Waals surface area contributed by atoms with E-state index < -0.39 is 35.8 Å². The zero-order valence-corrected chi connectivity index (χ0v) is 46.3. The molecule has 3 aliphatic carbocycles. The predicted molar refractivity (Wildman–Crippen MR) is 310 cm³/mol. The van der Waals surface area contributed by atoms with Gasteiger partial charge in [-0.1, -0.05) is 155 Å². The molecule has 17 nitrogen and oxygen atoms in total. The van der Waals surface area contributed by atoms with Crippen LogP contribution in [-0.2, 0) is 76.4 Å². The number of carbonyl (C=O) groups excluding carboxylic acids is 10. The number of carbonyl (C=O) groups is 10. The van der Waals surface area contributed by atoms with Crippen LogP contribution in [0.1, 0.15) is 40.0 Å². The second-order valence-corrected chi connectivity index (χ2v) is 13.1. The van der Waals surface area contributed by atoms with Crippen molar-refractivity contribution in [3.05, 3.63) is 219 Å². The zero-order chi connectivity index (χ0) is 62.1. The summed E-state index contributed by atoms with van der Waals surface area (Å²) in [7, 11) is 6.15. The number of benzene rings is 1. The number of ether oxygens (including phenoxy) is 6. The number of allylic oxidation sites excluding steroid dienone is 19. The first-order chi connectivity index (χ1) is 37.5. The van der Waals surface area contributed by atoms with E-state index in [2.05, 4.69) is 130 Å². The summed E-state index contributed by atoms with van der Waals surface area (Å²) in [6.07, 6.45) is 40.1. The molecule has 0 amide bonds. The fourth-order valence-electron chi connectivity index (χ4n) is 2.92. The smallest absolute Gasteiger partial charge is 0.384 e. The second-order valence-electron chi connectivity index (χ2n) is 13.1. The molecule has 0 atom stereocenters. The summed E-state index contributed by atoms with van der Waals surface area (Å²) in [6.45, 7) is 32.7. The number of nitriles is 1. The summed E-state index contributed by atoms with van der Waals surface area (Å²) in [6, 6.07) is 9.50. The average Bonchev–Trinajstić information content (AvgIpc) is 4.20.